The molecule has 7 nitrogen and oxygen atoms in total. The molecule has 0 unspecified atom stereocenters. The Kier molecular flexibility index (Phi) is 6.63. The molecular formula is C13H16ClNO6S. The number of hydrogen-bond donors (Lipinski definition) is 2. The number of nitrogens with one attached hydrogen (secondary N) is 1. The average Bonchev–Trinajstić information content (AvgIpc) is 2.36. The van der Waals surface area contributed by atoms with Crippen LogP contribution in [0.1, 0.15) is 13.3 Å². The maximum atomic E-state index is 11.7. The molecule has 0 fully saturated rings. The summed E-state index contributed by atoms with van der Waals surface area (Å²) >= 11 is 5.89. The van der Waals surface area contributed by atoms with Gasteiger partial charge in [0.15, 0.2) is 16.4 Å². The van der Waals surface area contributed by atoms with E-state index in [4.69, 9.17) is 21.4 Å². The van der Waals surface area contributed by atoms with Gasteiger partial charge in [-0.2, -0.15) is 0 Å². The van der Waals surface area contributed by atoms with Gasteiger partial charge in [0.2, 0.25) is 5.91 Å². The first-order chi connectivity index (χ1) is 10.2. The van der Waals surface area contributed by atoms with Crippen molar-refractivity contribution in [3.8, 4) is 5.75 Å². The summed E-state index contributed by atoms with van der Waals surface area (Å²) < 4.78 is 28.0. The van der Waals surface area contributed by atoms with Gasteiger partial charge in [0.1, 0.15) is 11.5 Å². The van der Waals surface area contributed by atoms with Gasteiger partial charge in [-0.15, -0.1) is 0 Å². The Balaban J connectivity index is 2.69. The zero-order valence-electron chi connectivity index (χ0n) is 11.8. The van der Waals surface area contributed by atoms with E-state index < -0.39 is 34.1 Å². The number of carbonyl (C=O) groups excluding carboxylic acids is 1. The van der Waals surface area contributed by atoms with Gasteiger partial charge in [-0.1, -0.05) is 18.5 Å². The maximum absolute atomic E-state index is 11.7. The Bertz CT molecular complexity index is 658. The minimum Gasteiger partial charge on any atom is -0.480 e. The van der Waals surface area contributed by atoms with Crippen molar-refractivity contribution in [2.75, 3.05) is 23.4 Å². The molecule has 1 amide bonds. The summed E-state index contributed by atoms with van der Waals surface area (Å²) in [4.78, 5) is 22.1. The highest BCUT2D eigenvalue weighted by Gasteiger charge is 2.16. The van der Waals surface area contributed by atoms with E-state index in [-0.39, 0.29) is 16.5 Å². The summed E-state index contributed by atoms with van der Waals surface area (Å²) in [5, 5.41) is 11.0. The van der Waals surface area contributed by atoms with Crippen molar-refractivity contribution in [1.82, 2.24) is 0 Å². The van der Waals surface area contributed by atoms with Gasteiger partial charge < -0.3 is 15.2 Å². The van der Waals surface area contributed by atoms with Crippen molar-refractivity contribution in [2.24, 2.45) is 0 Å². The summed E-state index contributed by atoms with van der Waals surface area (Å²) in [6.07, 6.45) is 0.442. The number of ether oxygens (including phenoxy) is 1. The van der Waals surface area contributed by atoms with Gasteiger partial charge in [0, 0.05) is 5.69 Å². The standard InChI is InChI=1S/C13H16ClNO6S/c1-2-5-22(19,20)8-12(16)15-9-3-4-11(10(14)6-9)21-7-13(17)18/h3-4,6H,2,5,7-8H2,1H3,(H,15,16)(H,17,18). The summed E-state index contributed by atoms with van der Waals surface area (Å²) in [7, 11) is -3.42. The maximum Gasteiger partial charge on any atom is 0.341 e. The molecule has 0 heterocycles. The first kappa shape index (κ1) is 18.2. The molecule has 0 atom stereocenters. The molecule has 122 valence electrons. The third-order valence-corrected chi connectivity index (χ3v) is 4.46. The lowest BCUT2D eigenvalue weighted by molar-refractivity contribution is -0.139. The van der Waals surface area contributed by atoms with Crippen LogP contribution in [-0.2, 0) is 19.4 Å². The fourth-order valence-electron chi connectivity index (χ4n) is 1.62. The molecule has 0 aliphatic heterocycles. The minimum atomic E-state index is -3.42. The molecule has 1 aromatic carbocycles. The van der Waals surface area contributed by atoms with Crippen molar-refractivity contribution >= 4 is 39.0 Å². The fourth-order valence-corrected chi connectivity index (χ4v) is 3.09. The lowest BCUT2D eigenvalue weighted by Crippen LogP contribution is -2.24. The number of hydrogen-bond acceptors (Lipinski definition) is 5. The molecule has 0 bridgehead atoms. The highest BCUT2D eigenvalue weighted by Crippen LogP contribution is 2.27. The van der Waals surface area contributed by atoms with Gasteiger partial charge in [0.05, 0.1) is 10.8 Å². The van der Waals surface area contributed by atoms with Gasteiger partial charge in [-0.3, -0.25) is 4.79 Å². The molecule has 0 saturated carbocycles. The number of rotatable bonds is 8. The first-order valence-electron chi connectivity index (χ1n) is 6.38. The van der Waals surface area contributed by atoms with E-state index >= 15 is 0 Å². The Morgan fingerprint density at radius 3 is 2.59 bits per heavy atom. The van der Waals surface area contributed by atoms with Gasteiger partial charge >= 0.3 is 5.97 Å². The van der Waals surface area contributed by atoms with E-state index in [2.05, 4.69) is 5.32 Å². The third-order valence-electron chi connectivity index (χ3n) is 2.43. The van der Waals surface area contributed by atoms with E-state index in [1.165, 1.54) is 18.2 Å². The molecule has 1 rings (SSSR count). The number of carbonyl (C=O) groups is 2. The molecule has 0 aromatic heterocycles. The Morgan fingerprint density at radius 1 is 1.36 bits per heavy atom. The summed E-state index contributed by atoms with van der Waals surface area (Å²) in [6, 6.07) is 4.18. The SMILES string of the molecule is CCCS(=O)(=O)CC(=O)Nc1ccc(OCC(=O)O)c(Cl)c1. The van der Waals surface area contributed by atoms with Crippen molar-refractivity contribution in [2.45, 2.75) is 13.3 Å². The normalized spacial score (nSPS) is 11.0. The lowest BCUT2D eigenvalue weighted by Gasteiger charge is -2.09. The average molecular weight is 350 g/mol. The zero-order chi connectivity index (χ0) is 16.8. The zero-order valence-corrected chi connectivity index (χ0v) is 13.4. The van der Waals surface area contributed by atoms with Crippen molar-refractivity contribution in [1.29, 1.82) is 0 Å². The number of anilines is 1. The van der Waals surface area contributed by atoms with Crippen LogP contribution in [-0.4, -0.2) is 43.5 Å². The highest BCUT2D eigenvalue weighted by molar-refractivity contribution is 7.92. The number of amides is 1. The quantitative estimate of drug-likeness (QED) is 0.737. The summed E-state index contributed by atoms with van der Waals surface area (Å²) in [5.74, 6) is -2.31. The summed E-state index contributed by atoms with van der Waals surface area (Å²) in [5.41, 5.74) is 0.296. The largest absolute Gasteiger partial charge is 0.480 e. The van der Waals surface area contributed by atoms with Crippen LogP contribution in [0.4, 0.5) is 5.69 Å². The molecule has 1 aromatic rings. The predicted octanol–water partition coefficient (Wildman–Crippen LogP) is 1.57. The van der Waals surface area contributed by atoms with E-state index in [9.17, 15) is 18.0 Å². The van der Waals surface area contributed by atoms with Crippen LogP contribution in [0.5, 0.6) is 5.75 Å². The third kappa shape index (κ3) is 6.31. The second-order valence-corrected chi connectivity index (χ2v) is 7.06. The molecule has 0 radical (unpaired) electrons. The number of carboxylic acids is 1. The van der Waals surface area contributed by atoms with Crippen LogP contribution in [0.3, 0.4) is 0 Å². The van der Waals surface area contributed by atoms with Gasteiger partial charge in [-0.25, -0.2) is 13.2 Å². The molecule has 2 N–H and O–H groups in total. The number of benzene rings is 1. The van der Waals surface area contributed by atoms with Crippen molar-refractivity contribution in [3.63, 3.8) is 0 Å². The van der Waals surface area contributed by atoms with Crippen molar-refractivity contribution in [3.05, 3.63) is 23.2 Å². The lowest BCUT2D eigenvalue weighted by atomic mass is 10.3. The van der Waals surface area contributed by atoms with Crippen LogP contribution >= 0.6 is 11.6 Å². The molecule has 22 heavy (non-hydrogen) atoms. The monoisotopic (exact) mass is 349 g/mol. The van der Waals surface area contributed by atoms with E-state index in [0.29, 0.717) is 12.1 Å². The van der Waals surface area contributed by atoms with Gasteiger partial charge in [0.25, 0.3) is 0 Å². The van der Waals surface area contributed by atoms with Crippen LogP contribution < -0.4 is 10.1 Å². The Hall–Kier alpha value is -1.80. The summed E-state index contributed by atoms with van der Waals surface area (Å²) in [6.45, 7) is 1.17. The van der Waals surface area contributed by atoms with E-state index in [1.807, 2.05) is 0 Å². The second-order valence-electron chi connectivity index (χ2n) is 4.47. The number of carboxylic acid groups (broad SMARTS) is 1. The molecule has 0 spiro atoms. The van der Waals surface area contributed by atoms with Crippen LogP contribution in [0.15, 0.2) is 18.2 Å². The van der Waals surface area contributed by atoms with Crippen molar-refractivity contribution < 1.29 is 27.9 Å². The first-order valence-corrected chi connectivity index (χ1v) is 8.58. The van der Waals surface area contributed by atoms with E-state index in [0.717, 1.165) is 0 Å². The number of aliphatic carboxylic acids is 1. The molecule has 0 saturated heterocycles. The van der Waals surface area contributed by atoms with Crippen LogP contribution in [0.25, 0.3) is 0 Å². The molecule has 0 aliphatic carbocycles. The number of halogens is 1. The van der Waals surface area contributed by atoms with Crippen LogP contribution in [0.2, 0.25) is 5.02 Å². The Morgan fingerprint density at radius 2 is 2.05 bits per heavy atom. The van der Waals surface area contributed by atoms with Crippen LogP contribution in [0, 0.1) is 0 Å². The number of sulfone groups is 1. The highest BCUT2D eigenvalue weighted by atomic mass is 35.5. The van der Waals surface area contributed by atoms with Gasteiger partial charge in [-0.05, 0) is 24.6 Å². The minimum absolute atomic E-state index is 0.0524. The smallest absolute Gasteiger partial charge is 0.341 e. The van der Waals surface area contributed by atoms with E-state index in [1.54, 1.807) is 6.92 Å². The second kappa shape index (κ2) is 8.00. The topological polar surface area (TPSA) is 110 Å². The fraction of sp³-hybridized carbons (Fsp3) is 0.385. The Labute approximate surface area is 133 Å². The molecule has 0 aliphatic rings. The molecule has 9 heteroatoms. The predicted molar refractivity (Wildman–Crippen MR) is 82.2 cm³/mol. The molecular weight excluding hydrogens is 334 g/mol.